The zero-order valence-corrected chi connectivity index (χ0v) is 10.8. The molecule has 0 N–H and O–H groups in total. The molecule has 92 valence electrons. The summed E-state index contributed by atoms with van der Waals surface area (Å²) >= 11 is 0. The van der Waals surface area contributed by atoms with E-state index in [4.69, 9.17) is 9.47 Å². The van der Waals surface area contributed by atoms with Gasteiger partial charge in [0.1, 0.15) is 5.75 Å². The highest BCUT2D eigenvalue weighted by atomic mass is 16.7. The molecule has 2 nitrogen and oxygen atoms in total. The van der Waals surface area contributed by atoms with Gasteiger partial charge in [0, 0.05) is 13.0 Å². The molecule has 0 aliphatic heterocycles. The number of hydrogen-bond donors (Lipinski definition) is 0. The van der Waals surface area contributed by atoms with Gasteiger partial charge in [0.05, 0.1) is 5.56 Å². The van der Waals surface area contributed by atoms with Gasteiger partial charge in [0.2, 0.25) is 0 Å². The van der Waals surface area contributed by atoms with E-state index in [9.17, 15) is 0 Å². The van der Waals surface area contributed by atoms with E-state index in [2.05, 4.69) is 18.8 Å². The van der Waals surface area contributed by atoms with Crippen molar-refractivity contribution in [2.45, 2.75) is 39.9 Å². The Balaban J connectivity index is 2.74. The first-order chi connectivity index (χ1) is 8.27. The van der Waals surface area contributed by atoms with Crippen molar-refractivity contribution in [3.8, 4) is 17.6 Å². The molecule has 1 atom stereocenters. The van der Waals surface area contributed by atoms with Crippen molar-refractivity contribution in [3.63, 3.8) is 0 Å². The van der Waals surface area contributed by atoms with Crippen LogP contribution in [0.1, 0.15) is 39.2 Å². The Bertz CT molecular complexity index is 387. The first-order valence-corrected chi connectivity index (χ1v) is 6.14. The minimum Gasteiger partial charge on any atom is -0.464 e. The summed E-state index contributed by atoms with van der Waals surface area (Å²) in [5.74, 6) is 7.05. The first kappa shape index (κ1) is 13.6. The highest BCUT2D eigenvalue weighted by molar-refractivity contribution is 5.45. The van der Waals surface area contributed by atoms with Crippen molar-refractivity contribution in [2.75, 3.05) is 6.61 Å². The second-order valence-electron chi connectivity index (χ2n) is 3.69. The summed E-state index contributed by atoms with van der Waals surface area (Å²) in [6.07, 6.45) is 1.75. The molecule has 0 fully saturated rings. The topological polar surface area (TPSA) is 18.5 Å². The zero-order chi connectivity index (χ0) is 12.5. The third-order valence-electron chi connectivity index (χ3n) is 2.18. The smallest absolute Gasteiger partial charge is 0.197 e. The van der Waals surface area contributed by atoms with Gasteiger partial charge in [-0.25, -0.2) is 0 Å². The van der Waals surface area contributed by atoms with Crippen LogP contribution in [0.2, 0.25) is 0 Å². The fourth-order valence-corrected chi connectivity index (χ4v) is 1.40. The molecular formula is C15H20O2. The average molecular weight is 232 g/mol. The van der Waals surface area contributed by atoms with Crippen LogP contribution in [0.4, 0.5) is 0 Å². The highest BCUT2D eigenvalue weighted by Crippen LogP contribution is 2.18. The Labute approximate surface area is 104 Å². The Morgan fingerprint density at radius 3 is 2.71 bits per heavy atom. The molecule has 2 heteroatoms. The summed E-state index contributed by atoms with van der Waals surface area (Å²) in [5.41, 5.74) is 0.924. The number of ether oxygens (including phenoxy) is 2. The fraction of sp³-hybridized carbons (Fsp3) is 0.467. The van der Waals surface area contributed by atoms with Gasteiger partial charge >= 0.3 is 0 Å². The van der Waals surface area contributed by atoms with E-state index in [0.717, 1.165) is 24.2 Å². The second-order valence-corrected chi connectivity index (χ2v) is 3.69. The molecule has 1 rings (SSSR count). The minimum atomic E-state index is -0.242. The SMILES string of the molecule is CCCC#Cc1ccccc1OC(C)OCC. The van der Waals surface area contributed by atoms with E-state index < -0.39 is 0 Å². The van der Waals surface area contributed by atoms with Crippen molar-refractivity contribution >= 4 is 0 Å². The number of hydrogen-bond acceptors (Lipinski definition) is 2. The monoisotopic (exact) mass is 232 g/mol. The lowest BCUT2D eigenvalue weighted by Crippen LogP contribution is -2.16. The predicted molar refractivity (Wildman–Crippen MR) is 69.9 cm³/mol. The largest absolute Gasteiger partial charge is 0.464 e. The Morgan fingerprint density at radius 2 is 2.00 bits per heavy atom. The van der Waals surface area contributed by atoms with Crippen LogP contribution in [0.25, 0.3) is 0 Å². The Morgan fingerprint density at radius 1 is 1.24 bits per heavy atom. The Hall–Kier alpha value is -1.46. The molecule has 0 bridgehead atoms. The van der Waals surface area contributed by atoms with Crippen molar-refractivity contribution in [2.24, 2.45) is 0 Å². The van der Waals surface area contributed by atoms with Crippen LogP contribution in [0.15, 0.2) is 24.3 Å². The maximum atomic E-state index is 5.69. The highest BCUT2D eigenvalue weighted by Gasteiger charge is 2.05. The molecule has 0 aliphatic rings. The zero-order valence-electron chi connectivity index (χ0n) is 10.8. The first-order valence-electron chi connectivity index (χ1n) is 6.14. The van der Waals surface area contributed by atoms with Gasteiger partial charge in [-0.15, -0.1) is 0 Å². The van der Waals surface area contributed by atoms with Crippen molar-refractivity contribution < 1.29 is 9.47 Å². The third-order valence-corrected chi connectivity index (χ3v) is 2.18. The average Bonchev–Trinajstić information content (AvgIpc) is 2.32. The van der Waals surface area contributed by atoms with Gasteiger partial charge < -0.3 is 9.47 Å². The van der Waals surface area contributed by atoms with E-state index in [-0.39, 0.29) is 6.29 Å². The van der Waals surface area contributed by atoms with Gasteiger partial charge in [-0.3, -0.25) is 0 Å². The van der Waals surface area contributed by atoms with Gasteiger partial charge in [-0.05, 0) is 32.4 Å². The minimum absolute atomic E-state index is 0.242. The van der Waals surface area contributed by atoms with E-state index in [1.165, 1.54) is 0 Å². The molecular weight excluding hydrogens is 212 g/mol. The van der Waals surface area contributed by atoms with E-state index in [1.54, 1.807) is 0 Å². The van der Waals surface area contributed by atoms with Gasteiger partial charge in [-0.2, -0.15) is 0 Å². The molecule has 0 saturated heterocycles. The van der Waals surface area contributed by atoms with Crippen molar-refractivity contribution in [3.05, 3.63) is 29.8 Å². The van der Waals surface area contributed by atoms with E-state index in [0.29, 0.717) is 6.61 Å². The van der Waals surface area contributed by atoms with Gasteiger partial charge in [0.15, 0.2) is 6.29 Å². The van der Waals surface area contributed by atoms with Gasteiger partial charge in [-0.1, -0.05) is 30.9 Å². The molecule has 0 aromatic heterocycles. The van der Waals surface area contributed by atoms with Crippen LogP contribution in [0.5, 0.6) is 5.75 Å². The lowest BCUT2D eigenvalue weighted by Gasteiger charge is -2.15. The quantitative estimate of drug-likeness (QED) is 0.570. The van der Waals surface area contributed by atoms with E-state index in [1.807, 2.05) is 38.1 Å². The van der Waals surface area contributed by atoms with Crippen LogP contribution in [-0.2, 0) is 4.74 Å². The molecule has 17 heavy (non-hydrogen) atoms. The summed E-state index contributed by atoms with van der Waals surface area (Å²) < 4.78 is 11.0. The van der Waals surface area contributed by atoms with Crippen LogP contribution in [0.3, 0.4) is 0 Å². The summed E-state index contributed by atoms with van der Waals surface area (Å²) in [7, 11) is 0. The van der Waals surface area contributed by atoms with Crippen LogP contribution < -0.4 is 4.74 Å². The van der Waals surface area contributed by atoms with Crippen LogP contribution >= 0.6 is 0 Å². The lowest BCUT2D eigenvalue weighted by atomic mass is 10.2. The molecule has 0 radical (unpaired) electrons. The number of rotatable bonds is 5. The van der Waals surface area contributed by atoms with Crippen LogP contribution in [-0.4, -0.2) is 12.9 Å². The standard InChI is InChI=1S/C15H20O2/c1-4-6-7-10-14-11-8-9-12-15(14)17-13(3)16-5-2/h8-9,11-13H,4-6H2,1-3H3. The summed E-state index contributed by atoms with van der Waals surface area (Å²) in [6, 6.07) is 7.80. The number of unbranched alkanes of at least 4 members (excludes halogenated alkanes) is 1. The fourth-order valence-electron chi connectivity index (χ4n) is 1.40. The molecule has 0 aliphatic carbocycles. The van der Waals surface area contributed by atoms with E-state index >= 15 is 0 Å². The second kappa shape index (κ2) is 7.76. The Kier molecular flexibility index (Phi) is 6.21. The normalized spacial score (nSPS) is 11.5. The van der Waals surface area contributed by atoms with Crippen LogP contribution in [0, 0.1) is 11.8 Å². The van der Waals surface area contributed by atoms with Crippen molar-refractivity contribution in [1.29, 1.82) is 0 Å². The maximum absolute atomic E-state index is 5.69. The number of para-hydroxylation sites is 1. The number of benzene rings is 1. The van der Waals surface area contributed by atoms with Crippen molar-refractivity contribution in [1.82, 2.24) is 0 Å². The van der Waals surface area contributed by atoms with Gasteiger partial charge in [0.25, 0.3) is 0 Å². The predicted octanol–water partition coefficient (Wildman–Crippen LogP) is 3.60. The molecule has 0 saturated carbocycles. The molecule has 0 spiro atoms. The third kappa shape index (κ3) is 4.93. The summed E-state index contributed by atoms with van der Waals surface area (Å²) in [6.45, 7) is 6.60. The molecule has 1 aromatic rings. The lowest BCUT2D eigenvalue weighted by molar-refractivity contribution is -0.0614. The molecule has 1 unspecified atom stereocenters. The molecule has 0 heterocycles. The molecule has 0 amide bonds. The summed E-state index contributed by atoms with van der Waals surface area (Å²) in [4.78, 5) is 0. The summed E-state index contributed by atoms with van der Waals surface area (Å²) in [5, 5.41) is 0. The molecule has 1 aromatic carbocycles. The maximum Gasteiger partial charge on any atom is 0.197 e.